The van der Waals surface area contributed by atoms with Crippen molar-refractivity contribution in [1.82, 2.24) is 10.6 Å². The minimum absolute atomic E-state index is 0.472. The summed E-state index contributed by atoms with van der Waals surface area (Å²) in [6.07, 6.45) is 1.62. The second-order valence-electron chi connectivity index (χ2n) is 4.88. The maximum absolute atomic E-state index is 11.7. The molecule has 2 N–H and O–H groups in total. The number of ether oxygens (including phenoxy) is 3. The topological polar surface area (TPSA) is 103 Å². The van der Waals surface area contributed by atoms with Crippen LogP contribution in [0.25, 0.3) is 6.08 Å². The maximum Gasteiger partial charge on any atom is 0.331 e. The van der Waals surface area contributed by atoms with Gasteiger partial charge in [-0.1, -0.05) is 6.07 Å². The number of esters is 1. The molecule has 8 nitrogen and oxygen atoms in total. The maximum atomic E-state index is 11.7. The summed E-state index contributed by atoms with van der Waals surface area (Å²) in [4.78, 5) is 34.3. The highest BCUT2D eigenvalue weighted by Gasteiger charge is 2.18. The molecular formula is C16H18N2O6. The zero-order valence-corrected chi connectivity index (χ0v) is 13.3. The molecule has 0 aliphatic carbocycles. The van der Waals surface area contributed by atoms with Gasteiger partial charge in [-0.2, -0.15) is 0 Å². The van der Waals surface area contributed by atoms with E-state index in [1.807, 2.05) is 5.32 Å². The third kappa shape index (κ3) is 4.73. The van der Waals surface area contributed by atoms with Gasteiger partial charge in [0.15, 0.2) is 17.6 Å². The van der Waals surface area contributed by atoms with E-state index >= 15 is 0 Å². The number of amides is 3. The molecule has 1 heterocycles. The third-order valence-electron chi connectivity index (χ3n) is 3.10. The highest BCUT2D eigenvalue weighted by atomic mass is 16.6. The van der Waals surface area contributed by atoms with Crippen LogP contribution in [0.5, 0.6) is 11.5 Å². The van der Waals surface area contributed by atoms with Crippen LogP contribution in [-0.2, 0) is 14.3 Å². The molecule has 0 spiro atoms. The molecule has 1 aromatic carbocycles. The summed E-state index contributed by atoms with van der Waals surface area (Å²) >= 11 is 0. The predicted molar refractivity (Wildman–Crippen MR) is 84.6 cm³/mol. The van der Waals surface area contributed by atoms with Gasteiger partial charge in [0, 0.05) is 13.1 Å². The Morgan fingerprint density at radius 2 is 1.92 bits per heavy atom. The van der Waals surface area contributed by atoms with E-state index in [9.17, 15) is 14.4 Å². The summed E-state index contributed by atoms with van der Waals surface area (Å²) in [6, 6.07) is 4.58. The van der Waals surface area contributed by atoms with E-state index in [4.69, 9.17) is 14.2 Å². The quantitative estimate of drug-likeness (QED) is 0.625. The van der Waals surface area contributed by atoms with Gasteiger partial charge in [0.05, 0.1) is 0 Å². The molecule has 0 aromatic heterocycles. The van der Waals surface area contributed by atoms with Gasteiger partial charge in [0.2, 0.25) is 0 Å². The molecule has 0 unspecified atom stereocenters. The van der Waals surface area contributed by atoms with Gasteiger partial charge in [0.1, 0.15) is 13.2 Å². The number of hydrogen-bond donors (Lipinski definition) is 2. The lowest BCUT2D eigenvalue weighted by atomic mass is 10.2. The van der Waals surface area contributed by atoms with E-state index in [-0.39, 0.29) is 0 Å². The highest BCUT2D eigenvalue weighted by molar-refractivity contribution is 5.97. The molecule has 3 amide bonds. The average Bonchev–Trinajstić information content (AvgIpc) is 2.59. The van der Waals surface area contributed by atoms with E-state index in [1.165, 1.54) is 26.1 Å². The smallest absolute Gasteiger partial charge is 0.331 e. The number of carbonyl (C=O) groups excluding carboxylic acids is 3. The van der Waals surface area contributed by atoms with E-state index in [2.05, 4.69) is 5.32 Å². The molecular weight excluding hydrogens is 316 g/mol. The Labute approximate surface area is 138 Å². The van der Waals surface area contributed by atoms with E-state index in [0.717, 1.165) is 5.56 Å². The van der Waals surface area contributed by atoms with Crippen molar-refractivity contribution < 1.29 is 28.6 Å². The van der Waals surface area contributed by atoms with Crippen LogP contribution < -0.4 is 20.1 Å². The fourth-order valence-electron chi connectivity index (χ4n) is 1.87. The van der Waals surface area contributed by atoms with Gasteiger partial charge >= 0.3 is 12.0 Å². The monoisotopic (exact) mass is 334 g/mol. The van der Waals surface area contributed by atoms with E-state index < -0.39 is 24.0 Å². The van der Waals surface area contributed by atoms with Crippen molar-refractivity contribution in [2.45, 2.75) is 13.0 Å². The molecule has 24 heavy (non-hydrogen) atoms. The van der Waals surface area contributed by atoms with E-state index in [0.29, 0.717) is 24.7 Å². The molecule has 0 radical (unpaired) electrons. The van der Waals surface area contributed by atoms with Crippen LogP contribution in [0.1, 0.15) is 12.5 Å². The van der Waals surface area contributed by atoms with Crippen molar-refractivity contribution in [3.05, 3.63) is 29.8 Å². The molecule has 128 valence electrons. The zero-order valence-electron chi connectivity index (χ0n) is 13.3. The number of imide groups is 1. The Balaban J connectivity index is 1.90. The largest absolute Gasteiger partial charge is 0.486 e. The summed E-state index contributed by atoms with van der Waals surface area (Å²) in [7, 11) is 1.37. The van der Waals surface area contributed by atoms with Crippen molar-refractivity contribution in [2.75, 3.05) is 20.3 Å². The molecule has 0 saturated heterocycles. The Morgan fingerprint density at radius 3 is 2.62 bits per heavy atom. The molecule has 1 atom stereocenters. The van der Waals surface area contributed by atoms with Crippen molar-refractivity contribution in [3.8, 4) is 11.5 Å². The second kappa shape index (κ2) is 8.00. The average molecular weight is 334 g/mol. The summed E-state index contributed by atoms with van der Waals surface area (Å²) in [5.74, 6) is -0.157. The molecule has 1 aromatic rings. The van der Waals surface area contributed by atoms with Gasteiger partial charge < -0.3 is 19.5 Å². The molecule has 0 saturated carbocycles. The van der Waals surface area contributed by atoms with Crippen LogP contribution in [0.3, 0.4) is 0 Å². The van der Waals surface area contributed by atoms with Gasteiger partial charge in [-0.05, 0) is 30.7 Å². The van der Waals surface area contributed by atoms with Crippen molar-refractivity contribution >= 4 is 24.0 Å². The van der Waals surface area contributed by atoms with Crippen molar-refractivity contribution in [3.63, 3.8) is 0 Å². The normalized spacial score (nSPS) is 13.9. The van der Waals surface area contributed by atoms with Crippen LogP contribution in [0, 0.1) is 0 Å². The number of urea groups is 1. The highest BCUT2D eigenvalue weighted by Crippen LogP contribution is 2.31. The fraction of sp³-hybridized carbons (Fsp3) is 0.312. The standard InChI is InChI=1S/C16H18N2O6/c1-10(15(20)18-16(21)17-2)24-14(19)6-4-11-3-5-12-13(9-11)23-8-7-22-12/h3-6,9-10H,7-8H2,1-2H3,(H2,17,18,20,21)/b6-4+/t10-/m1/s1. The summed E-state index contributed by atoms with van der Waals surface area (Å²) < 4.78 is 15.8. The lowest BCUT2D eigenvalue weighted by Gasteiger charge is -2.18. The first-order chi connectivity index (χ1) is 11.5. The molecule has 2 rings (SSSR count). The van der Waals surface area contributed by atoms with Gasteiger partial charge in [-0.25, -0.2) is 9.59 Å². The van der Waals surface area contributed by atoms with Crippen LogP contribution in [-0.4, -0.2) is 44.3 Å². The van der Waals surface area contributed by atoms with Crippen LogP contribution in [0.4, 0.5) is 4.79 Å². The van der Waals surface area contributed by atoms with Gasteiger partial charge in [-0.15, -0.1) is 0 Å². The first-order valence-corrected chi connectivity index (χ1v) is 7.30. The number of hydrogen-bond acceptors (Lipinski definition) is 6. The molecule has 0 bridgehead atoms. The minimum atomic E-state index is -1.10. The summed E-state index contributed by atoms with van der Waals surface area (Å²) in [5, 5.41) is 4.25. The SMILES string of the molecule is CNC(=O)NC(=O)[C@@H](C)OC(=O)/C=C/c1ccc2c(c1)OCCO2. The van der Waals surface area contributed by atoms with Gasteiger partial charge in [0.25, 0.3) is 5.91 Å². The van der Waals surface area contributed by atoms with Gasteiger partial charge in [-0.3, -0.25) is 10.1 Å². The molecule has 8 heteroatoms. The second-order valence-corrected chi connectivity index (χ2v) is 4.88. The lowest BCUT2D eigenvalue weighted by Crippen LogP contribution is -2.43. The number of benzene rings is 1. The van der Waals surface area contributed by atoms with E-state index in [1.54, 1.807) is 18.2 Å². The molecule has 1 aliphatic rings. The lowest BCUT2D eigenvalue weighted by molar-refractivity contribution is -0.149. The Kier molecular flexibility index (Phi) is 5.78. The van der Waals surface area contributed by atoms with Crippen LogP contribution in [0.15, 0.2) is 24.3 Å². The van der Waals surface area contributed by atoms with Crippen molar-refractivity contribution in [2.24, 2.45) is 0 Å². The Hall–Kier alpha value is -3.03. The number of fused-ring (bicyclic) bond motifs is 1. The number of nitrogens with one attached hydrogen (secondary N) is 2. The number of carbonyl (C=O) groups is 3. The first-order valence-electron chi connectivity index (χ1n) is 7.30. The summed E-state index contributed by atoms with van der Waals surface area (Å²) in [6.45, 7) is 2.35. The Bertz CT molecular complexity index is 671. The fourth-order valence-corrected chi connectivity index (χ4v) is 1.87. The van der Waals surface area contributed by atoms with Crippen LogP contribution in [0.2, 0.25) is 0 Å². The van der Waals surface area contributed by atoms with Crippen LogP contribution >= 0.6 is 0 Å². The zero-order chi connectivity index (χ0) is 17.5. The molecule has 0 fully saturated rings. The first kappa shape index (κ1) is 17.3. The van der Waals surface area contributed by atoms with Crippen molar-refractivity contribution in [1.29, 1.82) is 0 Å². The Morgan fingerprint density at radius 1 is 1.21 bits per heavy atom. The minimum Gasteiger partial charge on any atom is -0.486 e. The summed E-state index contributed by atoms with van der Waals surface area (Å²) in [5.41, 5.74) is 0.721. The number of rotatable bonds is 4. The third-order valence-corrected chi connectivity index (χ3v) is 3.10. The molecule has 1 aliphatic heterocycles. The predicted octanol–water partition coefficient (Wildman–Crippen LogP) is 0.858.